The highest BCUT2D eigenvalue weighted by Crippen LogP contribution is 2.23. The highest BCUT2D eigenvalue weighted by atomic mass is 16.5. The molecule has 0 aliphatic rings. The van der Waals surface area contributed by atoms with E-state index in [9.17, 15) is 9.59 Å². The quantitative estimate of drug-likeness (QED) is 0.489. The summed E-state index contributed by atoms with van der Waals surface area (Å²) in [7, 11) is 0. The molecule has 0 aliphatic carbocycles. The molecule has 0 saturated heterocycles. The molecule has 1 aromatic heterocycles. The fourth-order valence-electron chi connectivity index (χ4n) is 2.51. The molecule has 1 N–H and O–H groups in total. The van der Waals surface area contributed by atoms with Crippen molar-refractivity contribution in [2.75, 3.05) is 11.9 Å². The monoisotopic (exact) mass is 361 g/mol. The summed E-state index contributed by atoms with van der Waals surface area (Å²) in [5.74, 6) is -0.295. The molecule has 1 unspecified atom stereocenters. The van der Waals surface area contributed by atoms with E-state index in [-0.39, 0.29) is 12.2 Å². The first-order valence-corrected chi connectivity index (χ1v) is 8.58. The maximum Gasteiger partial charge on any atom is 0.308 e. The van der Waals surface area contributed by atoms with Crippen LogP contribution in [0.25, 0.3) is 0 Å². The molecule has 0 amide bonds. The summed E-state index contributed by atoms with van der Waals surface area (Å²) >= 11 is 0. The molecule has 136 valence electrons. The van der Waals surface area contributed by atoms with Gasteiger partial charge in [0.25, 0.3) is 0 Å². The van der Waals surface area contributed by atoms with Crippen molar-refractivity contribution in [3.63, 3.8) is 0 Å². The number of ether oxygens (including phenoxy) is 1. The van der Waals surface area contributed by atoms with Crippen molar-refractivity contribution in [2.45, 2.75) is 12.5 Å². The van der Waals surface area contributed by atoms with E-state index in [0.29, 0.717) is 23.6 Å². The lowest BCUT2D eigenvalue weighted by Gasteiger charge is -2.17. The number of carbonyl (C=O) groups is 2. The molecule has 1 heterocycles. The predicted molar refractivity (Wildman–Crippen MR) is 101 cm³/mol. The molecule has 2 aromatic carbocycles. The van der Waals surface area contributed by atoms with Gasteiger partial charge in [-0.3, -0.25) is 9.59 Å². The number of anilines is 1. The molecule has 0 radical (unpaired) electrons. The Labute approximate surface area is 157 Å². The van der Waals surface area contributed by atoms with Gasteiger partial charge in [-0.2, -0.15) is 0 Å². The highest BCUT2D eigenvalue weighted by molar-refractivity contribution is 6.00. The zero-order chi connectivity index (χ0) is 18.9. The van der Waals surface area contributed by atoms with Crippen molar-refractivity contribution < 1.29 is 14.3 Å². The molecule has 0 bridgehead atoms. The second-order valence-electron chi connectivity index (χ2n) is 5.76. The molecule has 27 heavy (non-hydrogen) atoms. The SMILES string of the molecule is O=C(CCNc1ncccn1)OC(C(=O)c1ccccc1)c1ccccc1. The van der Waals surface area contributed by atoms with Crippen LogP contribution in [0.4, 0.5) is 5.95 Å². The standard InChI is InChI=1S/C21H19N3O3/c25-18(12-15-24-21-22-13-7-14-23-21)27-20(17-10-5-2-6-11-17)19(26)16-8-3-1-4-9-16/h1-11,13-14,20H,12,15H2,(H,22,23,24). The van der Waals surface area contributed by atoms with E-state index in [4.69, 9.17) is 4.74 Å². The van der Waals surface area contributed by atoms with Gasteiger partial charge in [-0.05, 0) is 6.07 Å². The smallest absolute Gasteiger partial charge is 0.308 e. The van der Waals surface area contributed by atoms with Crippen molar-refractivity contribution in [3.05, 3.63) is 90.3 Å². The maximum absolute atomic E-state index is 12.9. The number of nitrogens with one attached hydrogen (secondary N) is 1. The predicted octanol–water partition coefficient (Wildman–Crippen LogP) is 3.45. The van der Waals surface area contributed by atoms with E-state index >= 15 is 0 Å². The maximum atomic E-state index is 12.9. The topological polar surface area (TPSA) is 81.2 Å². The second kappa shape index (κ2) is 9.24. The molecule has 0 saturated carbocycles. The number of rotatable bonds is 8. The van der Waals surface area contributed by atoms with Crippen LogP contribution in [0.1, 0.15) is 28.4 Å². The molecular weight excluding hydrogens is 342 g/mol. The normalized spacial score (nSPS) is 11.4. The summed E-state index contributed by atoms with van der Waals surface area (Å²) in [4.78, 5) is 33.2. The summed E-state index contributed by atoms with van der Waals surface area (Å²) in [6, 6.07) is 19.5. The molecule has 1 atom stereocenters. The van der Waals surface area contributed by atoms with Crippen LogP contribution in [0.5, 0.6) is 0 Å². The molecule has 6 nitrogen and oxygen atoms in total. The zero-order valence-corrected chi connectivity index (χ0v) is 14.6. The second-order valence-corrected chi connectivity index (χ2v) is 5.76. The van der Waals surface area contributed by atoms with Crippen molar-refractivity contribution >= 4 is 17.7 Å². The lowest BCUT2D eigenvalue weighted by molar-refractivity contribution is -0.147. The molecule has 3 rings (SSSR count). The number of esters is 1. The van der Waals surface area contributed by atoms with E-state index < -0.39 is 12.1 Å². The molecule has 6 heteroatoms. The average Bonchev–Trinajstić information content (AvgIpc) is 2.73. The number of aromatic nitrogens is 2. The van der Waals surface area contributed by atoms with Crippen LogP contribution in [-0.2, 0) is 9.53 Å². The average molecular weight is 361 g/mol. The first-order chi connectivity index (χ1) is 13.2. The van der Waals surface area contributed by atoms with E-state index in [1.54, 1.807) is 54.9 Å². The Bertz CT molecular complexity index is 871. The third-order valence-electron chi connectivity index (χ3n) is 3.83. The van der Waals surface area contributed by atoms with Gasteiger partial charge in [0.1, 0.15) is 0 Å². The van der Waals surface area contributed by atoms with Crippen molar-refractivity contribution in [1.82, 2.24) is 9.97 Å². The first kappa shape index (κ1) is 18.3. The zero-order valence-electron chi connectivity index (χ0n) is 14.6. The van der Waals surface area contributed by atoms with Crippen molar-refractivity contribution in [3.8, 4) is 0 Å². The fourth-order valence-corrected chi connectivity index (χ4v) is 2.51. The van der Waals surface area contributed by atoms with Gasteiger partial charge in [0.15, 0.2) is 6.10 Å². The number of hydrogen-bond donors (Lipinski definition) is 1. The number of carbonyl (C=O) groups excluding carboxylic acids is 2. The first-order valence-electron chi connectivity index (χ1n) is 8.58. The third kappa shape index (κ3) is 5.22. The summed E-state index contributed by atoms with van der Waals surface area (Å²) in [6.45, 7) is 0.309. The van der Waals surface area contributed by atoms with Gasteiger partial charge in [-0.1, -0.05) is 60.7 Å². The van der Waals surface area contributed by atoms with Gasteiger partial charge in [0.2, 0.25) is 11.7 Å². The minimum atomic E-state index is -0.978. The van der Waals surface area contributed by atoms with E-state index in [2.05, 4.69) is 15.3 Å². The Hall–Kier alpha value is -3.54. The lowest BCUT2D eigenvalue weighted by atomic mass is 10.00. The van der Waals surface area contributed by atoms with E-state index in [1.165, 1.54) is 0 Å². The Kier molecular flexibility index (Phi) is 6.25. The Morgan fingerprint density at radius 2 is 1.52 bits per heavy atom. The van der Waals surface area contributed by atoms with Crippen LogP contribution in [0, 0.1) is 0 Å². The van der Waals surface area contributed by atoms with Gasteiger partial charge >= 0.3 is 5.97 Å². The van der Waals surface area contributed by atoms with Gasteiger partial charge in [-0.25, -0.2) is 9.97 Å². The highest BCUT2D eigenvalue weighted by Gasteiger charge is 2.25. The Morgan fingerprint density at radius 3 is 2.19 bits per heavy atom. The van der Waals surface area contributed by atoms with Crippen LogP contribution in [0.3, 0.4) is 0 Å². The summed E-state index contributed by atoms with van der Waals surface area (Å²) in [5.41, 5.74) is 1.13. The van der Waals surface area contributed by atoms with Gasteiger partial charge < -0.3 is 10.1 Å². The lowest BCUT2D eigenvalue weighted by Crippen LogP contribution is -2.21. The Morgan fingerprint density at radius 1 is 0.889 bits per heavy atom. The molecule has 0 aliphatic heterocycles. The van der Waals surface area contributed by atoms with E-state index in [0.717, 1.165) is 0 Å². The van der Waals surface area contributed by atoms with Crippen molar-refractivity contribution in [2.24, 2.45) is 0 Å². The van der Waals surface area contributed by atoms with Crippen LogP contribution in [0.15, 0.2) is 79.1 Å². The number of hydrogen-bond acceptors (Lipinski definition) is 6. The molecular formula is C21H19N3O3. The van der Waals surface area contributed by atoms with Crippen molar-refractivity contribution in [1.29, 1.82) is 0 Å². The van der Waals surface area contributed by atoms with Crippen LogP contribution >= 0.6 is 0 Å². The summed E-state index contributed by atoms with van der Waals surface area (Å²) < 4.78 is 5.52. The number of nitrogens with zero attached hydrogens (tertiary/aromatic N) is 2. The minimum absolute atomic E-state index is 0.0870. The van der Waals surface area contributed by atoms with Crippen LogP contribution < -0.4 is 5.32 Å². The largest absolute Gasteiger partial charge is 0.449 e. The van der Waals surface area contributed by atoms with Gasteiger partial charge in [-0.15, -0.1) is 0 Å². The van der Waals surface area contributed by atoms with Gasteiger partial charge in [0.05, 0.1) is 6.42 Å². The van der Waals surface area contributed by atoms with Crippen LogP contribution in [-0.4, -0.2) is 28.3 Å². The third-order valence-corrected chi connectivity index (χ3v) is 3.83. The number of ketones is 1. The summed E-state index contributed by atoms with van der Waals surface area (Å²) in [6.07, 6.45) is 2.33. The number of benzene rings is 2. The molecule has 0 spiro atoms. The number of Topliss-reactive ketones (excluding diaryl/α,β-unsaturated/α-hetero) is 1. The van der Waals surface area contributed by atoms with Gasteiger partial charge in [0, 0.05) is 30.1 Å². The fraction of sp³-hybridized carbons (Fsp3) is 0.143. The van der Waals surface area contributed by atoms with Crippen LogP contribution in [0.2, 0.25) is 0 Å². The Balaban J connectivity index is 1.66. The minimum Gasteiger partial charge on any atom is -0.449 e. The summed E-state index contributed by atoms with van der Waals surface area (Å²) in [5, 5.41) is 2.94. The molecule has 0 fully saturated rings. The van der Waals surface area contributed by atoms with E-state index in [1.807, 2.05) is 24.3 Å². The molecule has 3 aromatic rings.